The summed E-state index contributed by atoms with van der Waals surface area (Å²) in [6, 6.07) is 6.12. The lowest BCUT2D eigenvalue weighted by Crippen LogP contribution is -2.38. The predicted molar refractivity (Wildman–Crippen MR) is 75.1 cm³/mol. The molecule has 0 unspecified atom stereocenters. The summed E-state index contributed by atoms with van der Waals surface area (Å²) in [5.74, 6) is 0.120. The highest BCUT2D eigenvalue weighted by molar-refractivity contribution is 5.97. The number of fused-ring (bicyclic) bond motifs is 1. The van der Waals surface area contributed by atoms with Crippen LogP contribution in [0.1, 0.15) is 42.5 Å². The number of nitrogens with one attached hydrogen (secondary N) is 1. The summed E-state index contributed by atoms with van der Waals surface area (Å²) in [5, 5.41) is 7.88. The van der Waals surface area contributed by atoms with Crippen LogP contribution in [0.3, 0.4) is 0 Å². The third kappa shape index (κ3) is 2.35. The Bertz CT molecular complexity index is 584. The molecule has 4 heteroatoms. The summed E-state index contributed by atoms with van der Waals surface area (Å²) < 4.78 is 0. The number of aromatic amines is 1. The second kappa shape index (κ2) is 5.03. The molecular weight excluding hydrogens is 238 g/mol. The quantitative estimate of drug-likeness (QED) is 0.899. The van der Waals surface area contributed by atoms with Crippen molar-refractivity contribution in [3.8, 4) is 0 Å². The molecule has 1 aliphatic carbocycles. The Hall–Kier alpha value is -1.84. The standard InChI is InChI=1S/C15H19N3O/c1-18(13-5-3-2-4-6-13)15(19)11-7-8-14-12(9-11)10-16-17-14/h7-10,13H,2-6H2,1H3,(H,16,17). The summed E-state index contributed by atoms with van der Waals surface area (Å²) >= 11 is 0. The highest BCUT2D eigenvalue weighted by Gasteiger charge is 2.23. The van der Waals surface area contributed by atoms with E-state index in [-0.39, 0.29) is 5.91 Å². The summed E-state index contributed by atoms with van der Waals surface area (Å²) in [4.78, 5) is 14.4. The topological polar surface area (TPSA) is 49.0 Å². The minimum Gasteiger partial charge on any atom is -0.339 e. The molecule has 1 fully saturated rings. The van der Waals surface area contributed by atoms with E-state index in [0.29, 0.717) is 6.04 Å². The Morgan fingerprint density at radius 2 is 2.11 bits per heavy atom. The minimum atomic E-state index is 0.120. The van der Waals surface area contributed by atoms with Crippen molar-refractivity contribution < 1.29 is 4.79 Å². The van der Waals surface area contributed by atoms with Gasteiger partial charge in [0.1, 0.15) is 0 Å². The normalized spacial score (nSPS) is 16.7. The van der Waals surface area contributed by atoms with E-state index in [1.165, 1.54) is 19.3 Å². The van der Waals surface area contributed by atoms with Gasteiger partial charge in [-0.15, -0.1) is 0 Å². The molecule has 2 aromatic rings. The second-order valence-corrected chi connectivity index (χ2v) is 5.38. The van der Waals surface area contributed by atoms with Crippen molar-refractivity contribution in [1.82, 2.24) is 15.1 Å². The summed E-state index contributed by atoms with van der Waals surface area (Å²) in [6.07, 6.45) is 7.81. The molecule has 0 aliphatic heterocycles. The van der Waals surface area contributed by atoms with Gasteiger partial charge < -0.3 is 4.90 Å². The van der Waals surface area contributed by atoms with Gasteiger partial charge in [-0.1, -0.05) is 19.3 Å². The van der Waals surface area contributed by atoms with Crippen molar-refractivity contribution in [2.45, 2.75) is 38.1 Å². The van der Waals surface area contributed by atoms with Crippen LogP contribution in [0.25, 0.3) is 10.9 Å². The molecule has 100 valence electrons. The monoisotopic (exact) mass is 257 g/mol. The number of amides is 1. The zero-order valence-electron chi connectivity index (χ0n) is 11.2. The number of nitrogens with zero attached hydrogens (tertiary/aromatic N) is 2. The van der Waals surface area contributed by atoms with Crippen LogP contribution >= 0.6 is 0 Å². The maximum absolute atomic E-state index is 12.5. The summed E-state index contributed by atoms with van der Waals surface area (Å²) in [7, 11) is 1.93. The molecule has 1 heterocycles. The highest BCUT2D eigenvalue weighted by atomic mass is 16.2. The first kappa shape index (κ1) is 12.2. The first-order valence-corrected chi connectivity index (χ1v) is 6.96. The molecule has 0 bridgehead atoms. The van der Waals surface area contributed by atoms with Crippen molar-refractivity contribution in [1.29, 1.82) is 0 Å². The number of hydrogen-bond acceptors (Lipinski definition) is 2. The van der Waals surface area contributed by atoms with E-state index in [0.717, 1.165) is 29.3 Å². The Balaban J connectivity index is 1.81. The van der Waals surface area contributed by atoms with Crippen molar-refractivity contribution in [3.05, 3.63) is 30.0 Å². The fraction of sp³-hybridized carbons (Fsp3) is 0.467. The smallest absolute Gasteiger partial charge is 0.253 e. The Morgan fingerprint density at radius 3 is 2.89 bits per heavy atom. The van der Waals surface area contributed by atoms with Gasteiger partial charge in [0.15, 0.2) is 0 Å². The maximum Gasteiger partial charge on any atom is 0.253 e. The van der Waals surface area contributed by atoms with Crippen LogP contribution in [0.15, 0.2) is 24.4 Å². The Morgan fingerprint density at radius 1 is 1.32 bits per heavy atom. The zero-order chi connectivity index (χ0) is 13.2. The molecule has 0 atom stereocenters. The molecule has 0 spiro atoms. The average molecular weight is 257 g/mol. The lowest BCUT2D eigenvalue weighted by Gasteiger charge is -2.31. The molecule has 1 aromatic carbocycles. The van der Waals surface area contributed by atoms with Gasteiger partial charge in [-0.2, -0.15) is 5.10 Å². The first-order chi connectivity index (χ1) is 9.25. The van der Waals surface area contributed by atoms with Crippen molar-refractivity contribution in [2.75, 3.05) is 7.05 Å². The van der Waals surface area contributed by atoms with E-state index < -0.39 is 0 Å². The molecular formula is C15H19N3O. The van der Waals surface area contributed by atoms with Gasteiger partial charge in [0.2, 0.25) is 0 Å². The van der Waals surface area contributed by atoms with E-state index in [1.807, 2.05) is 30.1 Å². The summed E-state index contributed by atoms with van der Waals surface area (Å²) in [6.45, 7) is 0. The van der Waals surface area contributed by atoms with Crippen LogP contribution in [-0.4, -0.2) is 34.1 Å². The van der Waals surface area contributed by atoms with Crippen molar-refractivity contribution in [3.63, 3.8) is 0 Å². The van der Waals surface area contributed by atoms with Crippen LogP contribution in [0.5, 0.6) is 0 Å². The van der Waals surface area contributed by atoms with Crippen molar-refractivity contribution >= 4 is 16.8 Å². The molecule has 4 nitrogen and oxygen atoms in total. The molecule has 1 N–H and O–H groups in total. The molecule has 3 rings (SSSR count). The zero-order valence-corrected chi connectivity index (χ0v) is 11.2. The fourth-order valence-electron chi connectivity index (χ4n) is 2.91. The van der Waals surface area contributed by atoms with Crippen molar-refractivity contribution in [2.24, 2.45) is 0 Å². The minimum absolute atomic E-state index is 0.120. The van der Waals surface area contributed by atoms with Crippen LogP contribution in [0, 0.1) is 0 Å². The lowest BCUT2D eigenvalue weighted by atomic mass is 9.94. The average Bonchev–Trinajstić information content (AvgIpc) is 2.94. The van der Waals surface area contributed by atoms with E-state index in [2.05, 4.69) is 10.2 Å². The number of aromatic nitrogens is 2. The molecule has 0 radical (unpaired) electrons. The molecule has 0 saturated heterocycles. The first-order valence-electron chi connectivity index (χ1n) is 6.96. The molecule has 1 aliphatic rings. The fourth-order valence-corrected chi connectivity index (χ4v) is 2.91. The van der Waals surface area contributed by atoms with Crippen LogP contribution in [-0.2, 0) is 0 Å². The van der Waals surface area contributed by atoms with E-state index in [4.69, 9.17) is 0 Å². The highest BCUT2D eigenvalue weighted by Crippen LogP contribution is 2.23. The predicted octanol–water partition coefficient (Wildman–Crippen LogP) is 2.97. The molecule has 1 aromatic heterocycles. The van der Waals surface area contributed by atoms with Crippen LogP contribution < -0.4 is 0 Å². The van der Waals surface area contributed by atoms with Gasteiger partial charge in [0.25, 0.3) is 5.91 Å². The number of H-pyrrole nitrogens is 1. The second-order valence-electron chi connectivity index (χ2n) is 5.38. The maximum atomic E-state index is 12.5. The lowest BCUT2D eigenvalue weighted by molar-refractivity contribution is 0.0696. The number of carbonyl (C=O) groups excluding carboxylic acids is 1. The van der Waals surface area contributed by atoms with Gasteiger partial charge in [-0.05, 0) is 31.0 Å². The van der Waals surface area contributed by atoms with E-state index in [1.54, 1.807) is 6.20 Å². The molecule has 1 saturated carbocycles. The van der Waals surface area contributed by atoms with E-state index in [9.17, 15) is 4.79 Å². The SMILES string of the molecule is CN(C(=O)c1ccc2[nH]ncc2c1)C1CCCCC1. The van der Waals surface area contributed by atoms with Gasteiger partial charge in [-0.3, -0.25) is 9.89 Å². The van der Waals surface area contributed by atoms with Gasteiger partial charge in [0, 0.05) is 24.0 Å². The Labute approximate surface area is 112 Å². The van der Waals surface area contributed by atoms with Crippen LogP contribution in [0.2, 0.25) is 0 Å². The third-order valence-electron chi connectivity index (χ3n) is 4.13. The number of hydrogen-bond donors (Lipinski definition) is 1. The number of benzene rings is 1. The molecule has 19 heavy (non-hydrogen) atoms. The van der Waals surface area contributed by atoms with E-state index >= 15 is 0 Å². The summed E-state index contributed by atoms with van der Waals surface area (Å²) in [5.41, 5.74) is 1.72. The number of carbonyl (C=O) groups is 1. The van der Waals surface area contributed by atoms with Gasteiger partial charge >= 0.3 is 0 Å². The van der Waals surface area contributed by atoms with Gasteiger partial charge in [0.05, 0.1) is 11.7 Å². The largest absolute Gasteiger partial charge is 0.339 e. The van der Waals surface area contributed by atoms with Gasteiger partial charge in [-0.25, -0.2) is 0 Å². The third-order valence-corrected chi connectivity index (χ3v) is 4.13. The number of rotatable bonds is 2. The molecule has 1 amide bonds. The Kier molecular flexibility index (Phi) is 3.23. The van der Waals surface area contributed by atoms with Crippen LogP contribution in [0.4, 0.5) is 0 Å².